The normalized spacial score (nSPS) is 12.8. The molecule has 0 aliphatic heterocycles. The summed E-state index contributed by atoms with van der Waals surface area (Å²) in [5, 5.41) is 0. The first-order valence-electron chi connectivity index (χ1n) is 34.9. The lowest BCUT2D eigenvalue weighted by Gasteiger charge is -2.18. The number of hydrogen-bond acceptors (Lipinski definition) is 6. The van der Waals surface area contributed by atoms with Crippen molar-refractivity contribution >= 4 is 17.9 Å². The van der Waals surface area contributed by atoms with E-state index in [0.29, 0.717) is 19.3 Å². The van der Waals surface area contributed by atoms with Gasteiger partial charge in [-0.1, -0.05) is 297 Å². The predicted molar refractivity (Wildman–Crippen MR) is 357 cm³/mol. The molecule has 0 aromatic rings. The van der Waals surface area contributed by atoms with Crippen molar-refractivity contribution in [1.29, 1.82) is 0 Å². The molecule has 0 fully saturated rings. The van der Waals surface area contributed by atoms with Gasteiger partial charge in [0.15, 0.2) is 6.10 Å². The van der Waals surface area contributed by atoms with Crippen LogP contribution in [0.5, 0.6) is 0 Å². The summed E-state index contributed by atoms with van der Waals surface area (Å²) in [6.45, 7) is 6.51. The minimum Gasteiger partial charge on any atom is -0.462 e. The number of ether oxygens (including phenoxy) is 3. The molecule has 0 rings (SSSR count). The van der Waals surface area contributed by atoms with Gasteiger partial charge in [0.2, 0.25) is 0 Å². The van der Waals surface area contributed by atoms with Gasteiger partial charge in [-0.25, -0.2) is 0 Å². The average molecular weight is 1140 g/mol. The van der Waals surface area contributed by atoms with E-state index in [1.807, 2.05) is 0 Å². The van der Waals surface area contributed by atoms with Crippen molar-refractivity contribution < 1.29 is 28.6 Å². The van der Waals surface area contributed by atoms with Crippen molar-refractivity contribution in [3.05, 3.63) is 109 Å². The van der Waals surface area contributed by atoms with E-state index >= 15 is 0 Å². The quantitative estimate of drug-likeness (QED) is 0.0261. The Hall–Kier alpha value is -3.93. The van der Waals surface area contributed by atoms with Crippen LogP contribution in [0.3, 0.4) is 0 Å². The monoisotopic (exact) mass is 1140 g/mol. The highest BCUT2D eigenvalue weighted by Crippen LogP contribution is 2.17. The zero-order valence-corrected chi connectivity index (χ0v) is 54.0. The summed E-state index contributed by atoms with van der Waals surface area (Å²) >= 11 is 0. The Balaban J connectivity index is 4.23. The highest BCUT2D eigenvalue weighted by Gasteiger charge is 2.19. The minimum absolute atomic E-state index is 0.0822. The van der Waals surface area contributed by atoms with Crippen molar-refractivity contribution in [3.8, 4) is 0 Å². The molecule has 0 N–H and O–H groups in total. The molecule has 0 aromatic carbocycles. The summed E-state index contributed by atoms with van der Waals surface area (Å²) in [5.74, 6) is -0.887. The van der Waals surface area contributed by atoms with Gasteiger partial charge in [0.25, 0.3) is 0 Å². The highest BCUT2D eigenvalue weighted by atomic mass is 16.6. The SMILES string of the molecule is CC/C=C\C/C=C\C/C=C\C/C=C\C/C=C\C/C=C\CCCCCCCCCCCCCCCCC(=O)OCC(COC(=O)CCCCCCC/C=C\CCCCCCC)OC(=O)CCCCCCCCC/C=C\C/C=C\CCCCC. The first-order chi connectivity index (χ1) is 40.5. The number of unbranched alkanes of at least 4 members (excludes halogenated alkanes) is 34. The van der Waals surface area contributed by atoms with Crippen LogP contribution in [-0.4, -0.2) is 37.2 Å². The molecule has 0 radical (unpaired) electrons. The van der Waals surface area contributed by atoms with Crippen molar-refractivity contribution in [2.75, 3.05) is 13.2 Å². The van der Waals surface area contributed by atoms with Crippen LogP contribution in [0.25, 0.3) is 0 Å². The van der Waals surface area contributed by atoms with Crippen molar-refractivity contribution in [1.82, 2.24) is 0 Å². The van der Waals surface area contributed by atoms with Crippen LogP contribution in [0.4, 0.5) is 0 Å². The van der Waals surface area contributed by atoms with E-state index in [9.17, 15) is 14.4 Å². The third-order valence-corrected chi connectivity index (χ3v) is 15.0. The molecule has 1 atom stereocenters. The van der Waals surface area contributed by atoms with Gasteiger partial charge in [0.05, 0.1) is 0 Å². The number of hydrogen-bond donors (Lipinski definition) is 0. The van der Waals surface area contributed by atoms with Crippen LogP contribution in [0.1, 0.15) is 335 Å². The summed E-state index contributed by atoms with van der Waals surface area (Å²) in [4.78, 5) is 38.4. The molecular weight excluding hydrogens is 1010 g/mol. The van der Waals surface area contributed by atoms with Gasteiger partial charge in [-0.3, -0.25) is 14.4 Å². The standard InChI is InChI=1S/C76H130O6/c1-4-7-10-13-16-19-22-25-28-30-31-32-33-34-35-36-37-38-39-40-41-42-43-44-45-47-48-51-54-57-60-63-66-69-75(78)81-72-73(71-80-74(77)68-65-62-59-56-53-50-27-24-21-18-15-12-9-6-3)82-76(79)70-67-64-61-58-55-52-49-46-29-26-23-20-17-14-11-8-5-2/h7,10,16-17,19-20,24-29,31-32,34-35,37-38,73H,4-6,8-9,11-15,18,21-23,30,33,36,39-72H2,1-3H3/b10-7-,19-16-,20-17-,27-24-,28-25-,29-26-,32-31-,35-34-,38-37-. The van der Waals surface area contributed by atoms with E-state index in [1.54, 1.807) is 0 Å². The number of carbonyl (C=O) groups excluding carboxylic acids is 3. The molecule has 1 unspecified atom stereocenters. The Morgan fingerprint density at radius 3 is 0.780 bits per heavy atom. The molecule has 82 heavy (non-hydrogen) atoms. The van der Waals surface area contributed by atoms with Gasteiger partial charge in [-0.05, 0) is 128 Å². The summed E-state index contributed by atoms with van der Waals surface area (Å²) < 4.78 is 17.0. The van der Waals surface area contributed by atoms with Crippen molar-refractivity contribution in [2.45, 2.75) is 341 Å². The molecule has 470 valence electrons. The third-order valence-electron chi connectivity index (χ3n) is 15.0. The number of esters is 3. The van der Waals surface area contributed by atoms with Gasteiger partial charge in [-0.15, -0.1) is 0 Å². The van der Waals surface area contributed by atoms with Gasteiger partial charge in [-0.2, -0.15) is 0 Å². The van der Waals surface area contributed by atoms with Crippen molar-refractivity contribution in [3.63, 3.8) is 0 Å². The smallest absolute Gasteiger partial charge is 0.306 e. The molecular formula is C76H130O6. The average Bonchev–Trinajstić information content (AvgIpc) is 3.47. The fourth-order valence-corrected chi connectivity index (χ4v) is 9.77. The lowest BCUT2D eigenvalue weighted by molar-refractivity contribution is -0.167. The third kappa shape index (κ3) is 66.9. The Morgan fingerprint density at radius 1 is 0.256 bits per heavy atom. The Kier molecular flexibility index (Phi) is 66.2. The zero-order valence-electron chi connectivity index (χ0n) is 54.0. The molecule has 0 amide bonds. The Labute approximate surface area is 508 Å². The Bertz CT molecular complexity index is 1640. The minimum atomic E-state index is -0.787. The van der Waals surface area contributed by atoms with E-state index < -0.39 is 6.10 Å². The topological polar surface area (TPSA) is 78.9 Å². The maximum absolute atomic E-state index is 12.9. The van der Waals surface area contributed by atoms with Crippen LogP contribution in [-0.2, 0) is 28.6 Å². The molecule has 0 bridgehead atoms. The molecule has 6 heteroatoms. The second-order valence-corrected chi connectivity index (χ2v) is 23.1. The molecule has 0 saturated heterocycles. The maximum Gasteiger partial charge on any atom is 0.306 e. The lowest BCUT2D eigenvalue weighted by Crippen LogP contribution is -2.30. The molecule has 0 spiro atoms. The van der Waals surface area contributed by atoms with Gasteiger partial charge >= 0.3 is 17.9 Å². The number of rotatable bonds is 63. The lowest BCUT2D eigenvalue weighted by atomic mass is 10.0. The first kappa shape index (κ1) is 78.1. The van der Waals surface area contributed by atoms with E-state index in [2.05, 4.69) is 130 Å². The summed E-state index contributed by atoms with van der Waals surface area (Å²) in [7, 11) is 0. The second-order valence-electron chi connectivity index (χ2n) is 23.1. The second kappa shape index (κ2) is 69.6. The highest BCUT2D eigenvalue weighted by molar-refractivity contribution is 5.71. The largest absolute Gasteiger partial charge is 0.462 e. The van der Waals surface area contributed by atoms with E-state index in [1.165, 1.54) is 180 Å². The predicted octanol–water partition coefficient (Wildman–Crippen LogP) is 24.2. The van der Waals surface area contributed by atoms with E-state index in [-0.39, 0.29) is 31.1 Å². The fraction of sp³-hybridized carbons (Fsp3) is 0.724. The molecule has 0 aromatic heterocycles. The zero-order chi connectivity index (χ0) is 59.2. The van der Waals surface area contributed by atoms with Crippen LogP contribution >= 0.6 is 0 Å². The molecule has 0 saturated carbocycles. The molecule has 0 aliphatic carbocycles. The number of carbonyl (C=O) groups is 3. The van der Waals surface area contributed by atoms with Gasteiger partial charge in [0, 0.05) is 19.3 Å². The van der Waals surface area contributed by atoms with Crippen LogP contribution in [0.2, 0.25) is 0 Å². The summed E-state index contributed by atoms with van der Waals surface area (Å²) in [6.07, 6.45) is 95.4. The molecule has 0 aliphatic rings. The molecule has 0 heterocycles. The van der Waals surface area contributed by atoms with E-state index in [4.69, 9.17) is 14.2 Å². The van der Waals surface area contributed by atoms with Gasteiger partial charge in [0.1, 0.15) is 13.2 Å². The van der Waals surface area contributed by atoms with E-state index in [0.717, 1.165) is 116 Å². The van der Waals surface area contributed by atoms with Crippen molar-refractivity contribution in [2.24, 2.45) is 0 Å². The van der Waals surface area contributed by atoms with Gasteiger partial charge < -0.3 is 14.2 Å². The summed E-state index contributed by atoms with van der Waals surface area (Å²) in [5.41, 5.74) is 0. The molecule has 6 nitrogen and oxygen atoms in total. The first-order valence-corrected chi connectivity index (χ1v) is 34.9. The number of allylic oxidation sites excluding steroid dienone is 18. The maximum atomic E-state index is 12.9. The summed E-state index contributed by atoms with van der Waals surface area (Å²) in [6, 6.07) is 0. The fourth-order valence-electron chi connectivity index (χ4n) is 9.77. The van der Waals surface area contributed by atoms with Crippen LogP contribution in [0.15, 0.2) is 109 Å². The Morgan fingerprint density at radius 2 is 0.476 bits per heavy atom. The van der Waals surface area contributed by atoms with Crippen LogP contribution in [0, 0.1) is 0 Å². The van der Waals surface area contributed by atoms with Crippen LogP contribution < -0.4 is 0 Å².